The van der Waals surface area contributed by atoms with Gasteiger partial charge < -0.3 is 34.1 Å². The number of ether oxygens (including phenoxy) is 4. The lowest BCUT2D eigenvalue weighted by molar-refractivity contribution is -0.159. The summed E-state index contributed by atoms with van der Waals surface area (Å²) in [5.41, 5.74) is 2.86. The van der Waals surface area contributed by atoms with E-state index in [1.165, 1.54) is 0 Å². The van der Waals surface area contributed by atoms with Crippen molar-refractivity contribution in [3.05, 3.63) is 83.4 Å². The molecule has 3 aromatic carbocycles. The molecule has 41 heavy (non-hydrogen) atoms. The molecule has 1 aliphatic rings. The Balaban J connectivity index is 0.000000696. The van der Waals surface area contributed by atoms with Crippen molar-refractivity contribution in [2.75, 3.05) is 47.5 Å². The van der Waals surface area contributed by atoms with Crippen molar-refractivity contribution in [3.8, 4) is 23.0 Å². The largest absolute Gasteiger partial charge is 0.493 e. The zero-order chi connectivity index (χ0) is 29.8. The van der Waals surface area contributed by atoms with Crippen LogP contribution >= 0.6 is 0 Å². The predicted octanol–water partition coefficient (Wildman–Crippen LogP) is 3.41. The number of methoxy groups -OCH3 is 3. The summed E-state index contributed by atoms with van der Waals surface area (Å²) in [7, 11) is 4.81. The van der Waals surface area contributed by atoms with Gasteiger partial charge >= 0.3 is 11.9 Å². The van der Waals surface area contributed by atoms with E-state index in [4.69, 9.17) is 38.7 Å². The SMILES string of the molecule is COc1ccc(C(=O)N2CCN(Cc3ccc(OC)c(OCc4ccccc4)c3)CC2)cc1OC.O=C(O)C(=O)O. The summed E-state index contributed by atoms with van der Waals surface area (Å²) in [5, 5.41) is 14.8. The van der Waals surface area contributed by atoms with Gasteiger partial charge in [-0.15, -0.1) is 0 Å². The quantitative estimate of drug-likeness (QED) is 0.371. The first-order chi connectivity index (χ1) is 19.7. The summed E-state index contributed by atoms with van der Waals surface area (Å²) in [6.07, 6.45) is 0. The summed E-state index contributed by atoms with van der Waals surface area (Å²) < 4.78 is 22.2. The molecule has 1 aliphatic heterocycles. The standard InChI is InChI=1S/C28H32N2O5.C2H2O4/c1-32-24-12-10-23(18-26(24)34-3)28(31)30-15-13-29(14-16-30)19-22-9-11-25(33-2)27(17-22)35-20-21-7-5-4-6-8-21;3-1(4)2(5)6/h4-12,17-18H,13-16,19-20H2,1-3H3;(H,3,4)(H,5,6). The summed E-state index contributed by atoms with van der Waals surface area (Å²) in [4.78, 5) is 35.5. The van der Waals surface area contributed by atoms with Gasteiger partial charge in [0.05, 0.1) is 21.3 Å². The molecular formula is C30H34N2O9. The normalized spacial score (nSPS) is 12.9. The number of aliphatic carboxylic acids is 2. The van der Waals surface area contributed by atoms with Gasteiger partial charge in [0.1, 0.15) is 6.61 Å². The molecule has 11 heteroatoms. The lowest BCUT2D eigenvalue weighted by Crippen LogP contribution is -2.48. The van der Waals surface area contributed by atoms with Crippen molar-refractivity contribution >= 4 is 17.8 Å². The maximum atomic E-state index is 13.0. The number of carbonyl (C=O) groups excluding carboxylic acids is 1. The second-order valence-electron chi connectivity index (χ2n) is 9.01. The predicted molar refractivity (Wildman–Crippen MR) is 150 cm³/mol. The molecule has 2 N–H and O–H groups in total. The van der Waals surface area contributed by atoms with Gasteiger partial charge in [0.15, 0.2) is 23.0 Å². The lowest BCUT2D eigenvalue weighted by atomic mass is 10.1. The zero-order valence-corrected chi connectivity index (χ0v) is 23.2. The van der Waals surface area contributed by atoms with Gasteiger partial charge in [0.2, 0.25) is 0 Å². The molecule has 11 nitrogen and oxygen atoms in total. The number of rotatable bonds is 9. The fourth-order valence-electron chi connectivity index (χ4n) is 4.19. The van der Waals surface area contributed by atoms with E-state index in [0.29, 0.717) is 36.8 Å². The Labute approximate surface area is 238 Å². The Kier molecular flexibility index (Phi) is 11.4. The molecule has 0 atom stereocenters. The lowest BCUT2D eigenvalue weighted by Gasteiger charge is -2.35. The van der Waals surface area contributed by atoms with E-state index < -0.39 is 11.9 Å². The molecule has 0 saturated carbocycles. The Hall–Kier alpha value is -4.77. The first kappa shape index (κ1) is 30.8. The van der Waals surface area contributed by atoms with Crippen LogP contribution in [-0.4, -0.2) is 85.4 Å². The van der Waals surface area contributed by atoms with E-state index in [9.17, 15) is 4.79 Å². The number of hydrogen-bond donors (Lipinski definition) is 2. The molecule has 0 spiro atoms. The Morgan fingerprint density at radius 2 is 1.27 bits per heavy atom. The molecule has 1 heterocycles. The second kappa shape index (κ2) is 15.1. The second-order valence-corrected chi connectivity index (χ2v) is 9.01. The summed E-state index contributed by atoms with van der Waals surface area (Å²) in [6.45, 7) is 4.19. The van der Waals surface area contributed by atoms with Crippen LogP contribution in [0.1, 0.15) is 21.5 Å². The molecule has 0 aromatic heterocycles. The van der Waals surface area contributed by atoms with Crippen molar-refractivity contribution < 1.29 is 43.5 Å². The minimum Gasteiger partial charge on any atom is -0.493 e. The van der Waals surface area contributed by atoms with E-state index in [2.05, 4.69) is 11.0 Å². The minimum atomic E-state index is -1.82. The number of carboxylic acids is 2. The molecule has 3 aromatic rings. The molecule has 218 valence electrons. The van der Waals surface area contributed by atoms with Crippen molar-refractivity contribution in [2.24, 2.45) is 0 Å². The first-order valence-electron chi connectivity index (χ1n) is 12.8. The summed E-state index contributed by atoms with van der Waals surface area (Å²) in [6, 6.07) is 21.4. The smallest absolute Gasteiger partial charge is 0.414 e. The number of piperazine rings is 1. The van der Waals surface area contributed by atoms with Crippen LogP contribution in [0.3, 0.4) is 0 Å². The number of hydrogen-bond acceptors (Lipinski definition) is 8. The third-order valence-corrected chi connectivity index (χ3v) is 6.34. The van der Waals surface area contributed by atoms with E-state index in [0.717, 1.165) is 42.3 Å². The van der Waals surface area contributed by atoms with Crippen LogP contribution in [0.5, 0.6) is 23.0 Å². The van der Waals surface area contributed by atoms with Crippen LogP contribution in [0.4, 0.5) is 0 Å². The Morgan fingerprint density at radius 3 is 1.85 bits per heavy atom. The van der Waals surface area contributed by atoms with E-state index in [1.807, 2.05) is 47.4 Å². The molecule has 0 bridgehead atoms. The maximum absolute atomic E-state index is 13.0. The monoisotopic (exact) mass is 566 g/mol. The van der Waals surface area contributed by atoms with Crippen molar-refractivity contribution in [2.45, 2.75) is 13.2 Å². The van der Waals surface area contributed by atoms with Crippen LogP contribution in [-0.2, 0) is 22.7 Å². The number of amides is 1. The number of carboxylic acid groups (broad SMARTS) is 2. The molecular weight excluding hydrogens is 532 g/mol. The van der Waals surface area contributed by atoms with Crippen LogP contribution in [0.15, 0.2) is 66.7 Å². The van der Waals surface area contributed by atoms with Crippen molar-refractivity contribution in [1.29, 1.82) is 0 Å². The fraction of sp³-hybridized carbons (Fsp3) is 0.300. The average Bonchev–Trinajstić information content (AvgIpc) is 3.00. The minimum absolute atomic E-state index is 0.00616. The summed E-state index contributed by atoms with van der Waals surface area (Å²) >= 11 is 0. The average molecular weight is 567 g/mol. The van der Waals surface area contributed by atoms with Gasteiger partial charge in [-0.05, 0) is 41.5 Å². The molecule has 4 rings (SSSR count). The molecule has 0 aliphatic carbocycles. The molecule has 1 fully saturated rings. The zero-order valence-electron chi connectivity index (χ0n) is 23.2. The van der Waals surface area contributed by atoms with Crippen molar-refractivity contribution in [3.63, 3.8) is 0 Å². The highest BCUT2D eigenvalue weighted by Crippen LogP contribution is 2.30. The molecule has 1 saturated heterocycles. The highest BCUT2D eigenvalue weighted by atomic mass is 16.5. The highest BCUT2D eigenvalue weighted by Gasteiger charge is 2.23. The van der Waals surface area contributed by atoms with Crippen LogP contribution in [0.2, 0.25) is 0 Å². The highest BCUT2D eigenvalue weighted by molar-refractivity contribution is 6.27. The van der Waals surface area contributed by atoms with Gasteiger partial charge in [-0.2, -0.15) is 0 Å². The first-order valence-corrected chi connectivity index (χ1v) is 12.8. The number of benzene rings is 3. The molecule has 0 unspecified atom stereocenters. The van der Waals surface area contributed by atoms with Crippen molar-refractivity contribution in [1.82, 2.24) is 9.80 Å². The van der Waals surface area contributed by atoms with Crippen LogP contribution < -0.4 is 18.9 Å². The van der Waals surface area contributed by atoms with Gasteiger partial charge in [0, 0.05) is 38.3 Å². The number of nitrogens with zero attached hydrogens (tertiary/aromatic N) is 2. The Morgan fingerprint density at radius 1 is 0.683 bits per heavy atom. The third kappa shape index (κ3) is 8.87. The number of carbonyl (C=O) groups is 3. The van der Waals surface area contributed by atoms with Gasteiger partial charge in [-0.1, -0.05) is 36.4 Å². The van der Waals surface area contributed by atoms with Gasteiger partial charge in [-0.3, -0.25) is 9.69 Å². The van der Waals surface area contributed by atoms with E-state index in [-0.39, 0.29) is 5.91 Å². The molecule has 1 amide bonds. The summed E-state index contributed by atoms with van der Waals surface area (Å²) in [5.74, 6) is -1.02. The van der Waals surface area contributed by atoms with Gasteiger partial charge in [0.25, 0.3) is 5.91 Å². The Bertz CT molecular complexity index is 1310. The van der Waals surface area contributed by atoms with Crippen LogP contribution in [0.25, 0.3) is 0 Å². The molecule has 0 radical (unpaired) electrons. The van der Waals surface area contributed by atoms with Crippen LogP contribution in [0, 0.1) is 0 Å². The topological polar surface area (TPSA) is 135 Å². The van der Waals surface area contributed by atoms with Gasteiger partial charge in [-0.25, -0.2) is 9.59 Å². The van der Waals surface area contributed by atoms with E-state index in [1.54, 1.807) is 39.5 Å². The fourth-order valence-corrected chi connectivity index (χ4v) is 4.19. The third-order valence-electron chi connectivity index (χ3n) is 6.34. The van der Waals surface area contributed by atoms with E-state index >= 15 is 0 Å². The maximum Gasteiger partial charge on any atom is 0.414 e.